The summed E-state index contributed by atoms with van der Waals surface area (Å²) in [4.78, 5) is 11.6. The van der Waals surface area contributed by atoms with Crippen LogP contribution in [-0.2, 0) is 9.47 Å². The normalized spacial score (nSPS) is 10.6. The Kier molecular flexibility index (Phi) is 10.2. The van der Waals surface area contributed by atoms with Gasteiger partial charge in [-0.05, 0) is 32.4 Å². The van der Waals surface area contributed by atoms with Gasteiger partial charge >= 0.3 is 6.03 Å². The van der Waals surface area contributed by atoms with Crippen LogP contribution in [0.15, 0.2) is 24.3 Å². The van der Waals surface area contributed by atoms with Gasteiger partial charge in [0.2, 0.25) is 0 Å². The lowest BCUT2D eigenvalue weighted by Crippen LogP contribution is -2.41. The van der Waals surface area contributed by atoms with Gasteiger partial charge in [0.1, 0.15) is 5.75 Å². The van der Waals surface area contributed by atoms with E-state index in [2.05, 4.69) is 10.6 Å². The predicted molar refractivity (Wildman–Crippen MR) is 90.0 cm³/mol. The van der Waals surface area contributed by atoms with Crippen molar-refractivity contribution in [2.24, 2.45) is 0 Å². The molecular weight excluding hydrogens is 320 g/mol. The van der Waals surface area contributed by atoms with Gasteiger partial charge in [0.15, 0.2) is 6.29 Å². The molecule has 2 amide bonds. The summed E-state index contributed by atoms with van der Waals surface area (Å²) in [5.74, 6) is 0.648. The third-order valence-corrected chi connectivity index (χ3v) is 3.15. The van der Waals surface area contributed by atoms with Crippen LogP contribution in [0.3, 0.4) is 0 Å². The third-order valence-electron chi connectivity index (χ3n) is 2.84. The first kappa shape index (κ1) is 19.5. The van der Waals surface area contributed by atoms with Crippen LogP contribution in [0.1, 0.15) is 20.3 Å². The van der Waals surface area contributed by atoms with Crippen LogP contribution < -0.4 is 15.4 Å². The molecule has 2 N–H and O–H groups in total. The van der Waals surface area contributed by atoms with Crippen LogP contribution in [0, 0.1) is 0 Å². The van der Waals surface area contributed by atoms with Gasteiger partial charge in [0, 0.05) is 19.8 Å². The number of amides is 2. The van der Waals surface area contributed by atoms with Gasteiger partial charge in [0.05, 0.1) is 18.2 Å². The number of hydrogen-bond acceptors (Lipinski definition) is 4. The van der Waals surface area contributed by atoms with E-state index >= 15 is 0 Å². The summed E-state index contributed by atoms with van der Waals surface area (Å²) in [5, 5.41) is 6.04. The summed E-state index contributed by atoms with van der Waals surface area (Å²) in [6, 6.07) is 7.03. The van der Waals surface area contributed by atoms with E-state index in [-0.39, 0.29) is 6.03 Å². The van der Waals surface area contributed by atoms with Crippen molar-refractivity contribution in [1.29, 1.82) is 0 Å². The Bertz CT molecular complexity index is 453. The number of urea groups is 1. The molecule has 0 radical (unpaired) electrons. The van der Waals surface area contributed by atoms with E-state index < -0.39 is 6.29 Å². The Labute approximate surface area is 142 Å². The molecule has 0 bridgehead atoms. The summed E-state index contributed by atoms with van der Waals surface area (Å²) in [6.07, 6.45) is 0.262. The van der Waals surface area contributed by atoms with Gasteiger partial charge in [-0.3, -0.25) is 0 Å². The second kappa shape index (κ2) is 12.0. The summed E-state index contributed by atoms with van der Waals surface area (Å²) in [6.45, 7) is 6.12. The molecule has 0 atom stereocenters. The van der Waals surface area contributed by atoms with E-state index in [1.165, 1.54) is 0 Å². The Morgan fingerprint density at radius 3 is 2.52 bits per heavy atom. The van der Waals surface area contributed by atoms with Gasteiger partial charge in [-0.2, -0.15) is 0 Å². The SMILES string of the molecule is CCOC(CNC(=O)NCCCOc1ccccc1Cl)OCC. The molecule has 0 spiro atoms. The van der Waals surface area contributed by atoms with Crippen molar-refractivity contribution < 1.29 is 19.0 Å². The van der Waals surface area contributed by atoms with Crippen LogP contribution >= 0.6 is 11.6 Å². The number of para-hydroxylation sites is 1. The first-order valence-corrected chi connectivity index (χ1v) is 8.17. The first-order chi connectivity index (χ1) is 11.2. The van der Waals surface area contributed by atoms with Crippen molar-refractivity contribution in [2.75, 3.05) is 32.9 Å². The molecule has 1 aromatic carbocycles. The average Bonchev–Trinajstić information content (AvgIpc) is 2.54. The fraction of sp³-hybridized carbons (Fsp3) is 0.562. The molecule has 6 nitrogen and oxygen atoms in total. The van der Waals surface area contributed by atoms with Crippen molar-refractivity contribution in [3.05, 3.63) is 29.3 Å². The number of hydrogen-bond donors (Lipinski definition) is 2. The molecule has 0 aliphatic heterocycles. The van der Waals surface area contributed by atoms with E-state index in [1.807, 2.05) is 32.0 Å². The number of carbonyl (C=O) groups excluding carboxylic acids is 1. The minimum absolute atomic E-state index is 0.257. The minimum atomic E-state index is -0.417. The van der Waals surface area contributed by atoms with Crippen LogP contribution in [0.4, 0.5) is 4.79 Å². The highest BCUT2D eigenvalue weighted by atomic mass is 35.5. The van der Waals surface area contributed by atoms with Gasteiger partial charge in [-0.25, -0.2) is 4.79 Å². The van der Waals surface area contributed by atoms with Crippen molar-refractivity contribution in [3.63, 3.8) is 0 Å². The zero-order chi connectivity index (χ0) is 16.9. The number of benzene rings is 1. The summed E-state index contributed by atoms with van der Waals surface area (Å²) in [7, 11) is 0. The topological polar surface area (TPSA) is 68.8 Å². The standard InChI is InChI=1S/C16H25ClN2O4/c1-3-21-15(22-4-2)12-19-16(20)18-10-7-11-23-14-9-6-5-8-13(14)17/h5-6,8-9,15H,3-4,7,10-12H2,1-2H3,(H2,18,19,20). The number of ether oxygens (including phenoxy) is 3. The molecule has 7 heteroatoms. The molecule has 130 valence electrons. The molecule has 0 heterocycles. The van der Waals surface area contributed by atoms with Gasteiger partial charge in [-0.1, -0.05) is 23.7 Å². The molecule has 0 aromatic heterocycles. The molecule has 0 fully saturated rings. The lowest BCUT2D eigenvalue weighted by molar-refractivity contribution is -0.131. The smallest absolute Gasteiger partial charge is 0.314 e. The number of rotatable bonds is 11. The van der Waals surface area contributed by atoms with E-state index in [0.717, 1.165) is 0 Å². The summed E-state index contributed by atoms with van der Waals surface area (Å²) < 4.78 is 16.2. The Morgan fingerprint density at radius 1 is 1.17 bits per heavy atom. The van der Waals surface area contributed by atoms with Gasteiger partial charge < -0.3 is 24.8 Å². The second-order valence-corrected chi connectivity index (χ2v) is 5.02. The maximum absolute atomic E-state index is 11.6. The molecule has 23 heavy (non-hydrogen) atoms. The fourth-order valence-electron chi connectivity index (χ4n) is 1.79. The summed E-state index contributed by atoms with van der Waals surface area (Å²) in [5.41, 5.74) is 0. The highest BCUT2D eigenvalue weighted by molar-refractivity contribution is 6.32. The fourth-order valence-corrected chi connectivity index (χ4v) is 1.98. The van der Waals surface area contributed by atoms with Crippen LogP contribution in [0.25, 0.3) is 0 Å². The second-order valence-electron chi connectivity index (χ2n) is 4.61. The van der Waals surface area contributed by atoms with Gasteiger partial charge in [-0.15, -0.1) is 0 Å². The molecule has 0 saturated carbocycles. The maximum atomic E-state index is 11.6. The van der Waals surface area contributed by atoms with E-state index in [0.29, 0.717) is 50.1 Å². The molecule has 0 unspecified atom stereocenters. The van der Waals surface area contributed by atoms with Crippen LogP contribution in [0.2, 0.25) is 5.02 Å². The highest BCUT2D eigenvalue weighted by Crippen LogP contribution is 2.22. The van der Waals surface area contributed by atoms with Gasteiger partial charge in [0.25, 0.3) is 0 Å². The van der Waals surface area contributed by atoms with Crippen LogP contribution in [0.5, 0.6) is 5.75 Å². The Hall–Kier alpha value is -1.50. The Balaban J connectivity index is 2.10. The van der Waals surface area contributed by atoms with Crippen molar-refractivity contribution >= 4 is 17.6 Å². The zero-order valence-corrected chi connectivity index (χ0v) is 14.4. The van der Waals surface area contributed by atoms with E-state index in [1.54, 1.807) is 6.07 Å². The summed E-state index contributed by atoms with van der Waals surface area (Å²) >= 11 is 5.98. The van der Waals surface area contributed by atoms with Crippen molar-refractivity contribution in [1.82, 2.24) is 10.6 Å². The first-order valence-electron chi connectivity index (χ1n) is 7.79. The molecule has 0 aliphatic carbocycles. The largest absolute Gasteiger partial charge is 0.492 e. The van der Waals surface area contributed by atoms with Crippen molar-refractivity contribution in [2.45, 2.75) is 26.6 Å². The van der Waals surface area contributed by atoms with E-state index in [4.69, 9.17) is 25.8 Å². The average molecular weight is 345 g/mol. The van der Waals surface area contributed by atoms with Crippen molar-refractivity contribution in [3.8, 4) is 5.75 Å². The Morgan fingerprint density at radius 2 is 1.87 bits per heavy atom. The monoisotopic (exact) mass is 344 g/mol. The van der Waals surface area contributed by atoms with Crippen LogP contribution in [-0.4, -0.2) is 45.2 Å². The minimum Gasteiger partial charge on any atom is -0.492 e. The number of nitrogens with one attached hydrogen (secondary N) is 2. The number of halogens is 1. The lowest BCUT2D eigenvalue weighted by Gasteiger charge is -2.17. The molecule has 1 rings (SSSR count). The molecular formula is C16H25ClN2O4. The quantitative estimate of drug-likeness (QED) is 0.478. The molecule has 0 saturated heterocycles. The number of carbonyl (C=O) groups is 1. The highest BCUT2D eigenvalue weighted by Gasteiger charge is 2.09. The third kappa shape index (κ3) is 8.64. The zero-order valence-electron chi connectivity index (χ0n) is 13.6. The van der Waals surface area contributed by atoms with E-state index in [9.17, 15) is 4.79 Å². The lowest BCUT2D eigenvalue weighted by atomic mass is 10.3. The maximum Gasteiger partial charge on any atom is 0.314 e. The molecule has 0 aliphatic rings. The predicted octanol–water partition coefficient (Wildman–Crippen LogP) is 2.81. The molecule has 1 aromatic rings.